The zero-order chi connectivity index (χ0) is 19.5. The van der Waals surface area contributed by atoms with Crippen molar-refractivity contribution in [3.63, 3.8) is 0 Å². The minimum absolute atomic E-state index is 0.569. The van der Waals surface area contributed by atoms with E-state index >= 15 is 0 Å². The topological polar surface area (TPSA) is 199 Å². The summed E-state index contributed by atoms with van der Waals surface area (Å²) in [5.41, 5.74) is -3.28. The van der Waals surface area contributed by atoms with Gasteiger partial charge in [0, 0.05) is 12.1 Å². The van der Waals surface area contributed by atoms with Gasteiger partial charge in [0.2, 0.25) is 9.84 Å². The predicted octanol–water partition coefficient (Wildman–Crippen LogP) is -2.88. The highest BCUT2D eigenvalue weighted by Gasteiger charge is 2.40. The van der Waals surface area contributed by atoms with Crippen LogP contribution >= 0.6 is 0 Å². The molecular weight excluding hydrogens is 350 g/mol. The van der Waals surface area contributed by atoms with E-state index in [0.717, 1.165) is 6.07 Å². The van der Waals surface area contributed by atoms with E-state index in [0.29, 0.717) is 12.1 Å². The SMILES string of the molecule is [2H]c1cc([N+](=O)[O-])ccc1S(=O)(=O)C(O)[C@@H](O)[C@@H](O)[C@H](O)[C@H](O)CO. The molecule has 0 aliphatic carbocycles. The van der Waals surface area contributed by atoms with Gasteiger partial charge in [-0.05, 0) is 12.1 Å². The molecular formula is C12H17NO10S. The van der Waals surface area contributed by atoms with E-state index in [4.69, 9.17) is 6.48 Å². The molecule has 1 aromatic rings. The number of aliphatic hydroxyl groups excluding tert-OH is 6. The standard InChI is InChI=1S/C12H17NO10S/c14-5-8(15)9(16)10(17)11(18)12(19)24(22,23)7-3-1-6(2-4-7)13(20)21/h1-4,8-12,14-19H,5H2/t8-,9-,10+,11+,12?/m1/s1/i3D. The molecule has 1 aromatic carbocycles. The number of hydrogen-bond donors (Lipinski definition) is 6. The summed E-state index contributed by atoms with van der Waals surface area (Å²) in [5.74, 6) is 0. The number of aliphatic hydroxyl groups is 6. The van der Waals surface area contributed by atoms with Crippen LogP contribution in [0.4, 0.5) is 5.69 Å². The van der Waals surface area contributed by atoms with E-state index < -0.39 is 67.8 Å². The highest BCUT2D eigenvalue weighted by Crippen LogP contribution is 2.22. The van der Waals surface area contributed by atoms with Gasteiger partial charge in [-0.25, -0.2) is 8.42 Å². The lowest BCUT2D eigenvalue weighted by Crippen LogP contribution is -2.51. The van der Waals surface area contributed by atoms with Crippen LogP contribution in [0.5, 0.6) is 0 Å². The largest absolute Gasteiger partial charge is 0.394 e. The molecule has 12 heteroatoms. The van der Waals surface area contributed by atoms with Gasteiger partial charge >= 0.3 is 0 Å². The molecule has 0 bridgehead atoms. The fourth-order valence-corrected chi connectivity index (χ4v) is 2.98. The molecule has 0 heterocycles. The Kier molecular flexibility index (Phi) is 6.17. The summed E-state index contributed by atoms with van der Waals surface area (Å²) in [5, 5.41) is 67.0. The van der Waals surface area contributed by atoms with Crippen molar-refractivity contribution in [2.75, 3.05) is 6.61 Å². The maximum atomic E-state index is 12.2. The third-order valence-corrected chi connectivity index (χ3v) is 4.96. The molecule has 5 atom stereocenters. The van der Waals surface area contributed by atoms with Crippen molar-refractivity contribution in [3.05, 3.63) is 34.4 Å². The molecule has 24 heavy (non-hydrogen) atoms. The number of hydrogen-bond acceptors (Lipinski definition) is 10. The molecule has 1 unspecified atom stereocenters. The normalized spacial score (nSPS) is 19.0. The Balaban J connectivity index is 3.14. The van der Waals surface area contributed by atoms with Crippen molar-refractivity contribution in [3.8, 4) is 0 Å². The molecule has 6 N–H and O–H groups in total. The molecule has 0 saturated heterocycles. The third kappa shape index (κ3) is 4.24. The zero-order valence-electron chi connectivity index (χ0n) is 13.0. The molecule has 136 valence electrons. The number of benzene rings is 1. The second-order valence-electron chi connectivity index (χ2n) is 4.83. The van der Waals surface area contributed by atoms with Crippen LogP contribution < -0.4 is 0 Å². The van der Waals surface area contributed by atoms with Crippen molar-refractivity contribution in [1.82, 2.24) is 0 Å². The van der Waals surface area contributed by atoms with Crippen LogP contribution in [0.25, 0.3) is 0 Å². The van der Waals surface area contributed by atoms with Gasteiger partial charge in [0.1, 0.15) is 24.4 Å². The molecule has 0 spiro atoms. The molecule has 11 nitrogen and oxygen atoms in total. The van der Waals surface area contributed by atoms with Crippen molar-refractivity contribution in [1.29, 1.82) is 0 Å². The first-order chi connectivity index (χ1) is 11.4. The Hall–Kier alpha value is -1.67. The lowest BCUT2D eigenvalue weighted by atomic mass is 10.0. The van der Waals surface area contributed by atoms with E-state index in [1.807, 2.05) is 0 Å². The van der Waals surface area contributed by atoms with Crippen LogP contribution in [-0.2, 0) is 9.84 Å². The van der Waals surface area contributed by atoms with E-state index in [1.54, 1.807) is 0 Å². The number of nitrogens with zero attached hydrogens (tertiary/aromatic N) is 1. The minimum atomic E-state index is -4.84. The fraction of sp³-hybridized carbons (Fsp3) is 0.500. The van der Waals surface area contributed by atoms with E-state index in [9.17, 15) is 44.1 Å². The average molecular weight is 368 g/mol. The van der Waals surface area contributed by atoms with E-state index in [1.165, 1.54) is 0 Å². The molecule has 0 fully saturated rings. The number of nitro benzene ring substituents is 1. The van der Waals surface area contributed by atoms with Gasteiger partial charge in [-0.2, -0.15) is 0 Å². The molecule has 0 aliphatic rings. The van der Waals surface area contributed by atoms with Crippen molar-refractivity contribution < 1.29 is 45.4 Å². The molecule has 0 saturated carbocycles. The molecule has 0 radical (unpaired) electrons. The lowest BCUT2D eigenvalue weighted by Gasteiger charge is -2.28. The average Bonchev–Trinajstić information content (AvgIpc) is 2.57. The summed E-state index contributed by atoms with van der Waals surface area (Å²) in [6.45, 7) is -1.01. The number of sulfone groups is 1. The van der Waals surface area contributed by atoms with Crippen LogP contribution in [0, 0.1) is 10.1 Å². The van der Waals surface area contributed by atoms with Crippen LogP contribution in [0.3, 0.4) is 0 Å². The van der Waals surface area contributed by atoms with Gasteiger partial charge in [-0.1, -0.05) is 0 Å². The van der Waals surface area contributed by atoms with E-state index in [2.05, 4.69) is 0 Å². The van der Waals surface area contributed by atoms with Crippen molar-refractivity contribution in [2.45, 2.75) is 34.7 Å². The Bertz CT molecular complexity index is 727. The monoisotopic (exact) mass is 368 g/mol. The summed E-state index contributed by atoms with van der Waals surface area (Å²) in [4.78, 5) is 8.87. The zero-order valence-corrected chi connectivity index (χ0v) is 12.8. The summed E-state index contributed by atoms with van der Waals surface area (Å²) in [6, 6.07) is 1.24. The third-order valence-electron chi connectivity index (χ3n) is 3.18. The minimum Gasteiger partial charge on any atom is -0.394 e. The van der Waals surface area contributed by atoms with Gasteiger partial charge < -0.3 is 30.6 Å². The first kappa shape index (κ1) is 18.7. The number of non-ortho nitro benzene ring substituents is 1. The van der Waals surface area contributed by atoms with Crippen LogP contribution in [0.1, 0.15) is 1.37 Å². The quantitative estimate of drug-likeness (QED) is 0.205. The van der Waals surface area contributed by atoms with Gasteiger partial charge in [0.15, 0.2) is 5.44 Å². The van der Waals surface area contributed by atoms with Crippen LogP contribution in [0.2, 0.25) is 0 Å². The maximum Gasteiger partial charge on any atom is 0.269 e. The predicted molar refractivity (Wildman–Crippen MR) is 77.4 cm³/mol. The first-order valence-corrected chi connectivity index (χ1v) is 8.00. The highest BCUT2D eigenvalue weighted by molar-refractivity contribution is 7.92. The van der Waals surface area contributed by atoms with Gasteiger partial charge in [0.05, 0.1) is 17.8 Å². The Morgan fingerprint density at radius 2 is 1.67 bits per heavy atom. The summed E-state index contributed by atoms with van der Waals surface area (Å²) in [6.07, 6.45) is -8.93. The fourth-order valence-electron chi connectivity index (χ4n) is 1.71. The summed E-state index contributed by atoms with van der Waals surface area (Å²) >= 11 is 0. The lowest BCUT2D eigenvalue weighted by molar-refractivity contribution is -0.384. The smallest absolute Gasteiger partial charge is 0.269 e. The highest BCUT2D eigenvalue weighted by atomic mass is 32.2. The second kappa shape index (κ2) is 7.94. The summed E-state index contributed by atoms with van der Waals surface area (Å²) in [7, 11) is -4.84. The number of nitro groups is 1. The first-order valence-electron chi connectivity index (χ1n) is 6.95. The van der Waals surface area contributed by atoms with Gasteiger partial charge in [-0.3, -0.25) is 10.1 Å². The van der Waals surface area contributed by atoms with E-state index in [-0.39, 0.29) is 0 Å². The van der Waals surface area contributed by atoms with Crippen molar-refractivity contribution in [2.24, 2.45) is 0 Å². The maximum absolute atomic E-state index is 12.2. The van der Waals surface area contributed by atoms with Crippen molar-refractivity contribution >= 4 is 15.5 Å². The summed E-state index contributed by atoms with van der Waals surface area (Å²) < 4.78 is 32.0. The Labute approximate surface area is 137 Å². The van der Waals surface area contributed by atoms with Gasteiger partial charge in [-0.15, -0.1) is 0 Å². The second-order valence-corrected chi connectivity index (χ2v) is 6.84. The van der Waals surface area contributed by atoms with Crippen LogP contribution in [-0.4, -0.2) is 80.4 Å². The van der Waals surface area contributed by atoms with Crippen LogP contribution in [0.15, 0.2) is 29.1 Å². The molecule has 0 aliphatic heterocycles. The van der Waals surface area contributed by atoms with Gasteiger partial charge in [0.25, 0.3) is 5.69 Å². The number of rotatable bonds is 8. The Morgan fingerprint density at radius 1 is 1.08 bits per heavy atom. The molecule has 0 amide bonds. The molecule has 0 aromatic heterocycles. The molecule has 1 rings (SSSR count). The Morgan fingerprint density at radius 3 is 2.12 bits per heavy atom.